The molecule has 1 atom stereocenters. The first kappa shape index (κ1) is 21.4. The summed E-state index contributed by atoms with van der Waals surface area (Å²) in [6, 6.07) is 12.7. The number of benzene rings is 2. The third-order valence-corrected chi connectivity index (χ3v) is 7.02. The Balaban J connectivity index is 1.18. The number of aliphatic hydroxyl groups is 1. The van der Waals surface area contributed by atoms with Crippen LogP contribution in [-0.2, 0) is 0 Å². The molecular weight excluding hydrogens is 401 g/mol. The molecule has 0 amide bonds. The Morgan fingerprint density at radius 1 is 1.03 bits per heavy atom. The van der Waals surface area contributed by atoms with Crippen LogP contribution in [0.15, 0.2) is 47.4 Å². The van der Waals surface area contributed by atoms with E-state index in [9.17, 15) is 9.50 Å². The van der Waals surface area contributed by atoms with E-state index in [4.69, 9.17) is 4.74 Å². The van der Waals surface area contributed by atoms with E-state index in [2.05, 4.69) is 20.2 Å². The summed E-state index contributed by atoms with van der Waals surface area (Å²) in [6.07, 6.45) is 1.75. The zero-order valence-electron chi connectivity index (χ0n) is 17.5. The third kappa shape index (κ3) is 5.09. The number of aliphatic hydroxyl groups excluding tert-OH is 1. The molecule has 1 saturated heterocycles. The molecule has 0 radical (unpaired) electrons. The van der Waals surface area contributed by atoms with Gasteiger partial charge >= 0.3 is 0 Å². The fraction of sp³-hybridized carbons (Fsp3) is 0.478. The van der Waals surface area contributed by atoms with E-state index >= 15 is 0 Å². The van der Waals surface area contributed by atoms with Crippen molar-refractivity contribution in [1.82, 2.24) is 9.21 Å². The Morgan fingerprint density at radius 3 is 2.50 bits per heavy atom. The number of halogens is 1. The molecule has 2 heterocycles. The summed E-state index contributed by atoms with van der Waals surface area (Å²) < 4.78 is 20.8. The highest BCUT2D eigenvalue weighted by molar-refractivity contribution is 7.97. The molecule has 0 aliphatic carbocycles. The van der Waals surface area contributed by atoms with Gasteiger partial charge in [0.25, 0.3) is 0 Å². The molecule has 5 nitrogen and oxygen atoms in total. The molecule has 0 aromatic heterocycles. The van der Waals surface area contributed by atoms with Crippen molar-refractivity contribution in [2.45, 2.75) is 23.8 Å². The SMILES string of the molecule is COc1cccc2c1C(O)CN(CCCCN1CCN(c3ccc(F)cc3)CC1)S2. The average Bonchev–Trinajstić information content (AvgIpc) is 2.77. The molecule has 1 fully saturated rings. The monoisotopic (exact) mass is 431 g/mol. The van der Waals surface area contributed by atoms with Gasteiger partial charge in [-0.05, 0) is 67.7 Å². The van der Waals surface area contributed by atoms with E-state index in [1.165, 1.54) is 12.1 Å². The largest absolute Gasteiger partial charge is 0.496 e. The van der Waals surface area contributed by atoms with Gasteiger partial charge in [-0.2, -0.15) is 0 Å². The second kappa shape index (κ2) is 10.0. The first-order chi connectivity index (χ1) is 14.6. The lowest BCUT2D eigenvalue weighted by Gasteiger charge is -2.36. The molecule has 0 spiro atoms. The van der Waals surface area contributed by atoms with Crippen LogP contribution < -0.4 is 9.64 Å². The minimum absolute atomic E-state index is 0.181. The molecule has 0 bridgehead atoms. The summed E-state index contributed by atoms with van der Waals surface area (Å²) in [6.45, 7) is 6.76. The van der Waals surface area contributed by atoms with E-state index in [1.807, 2.05) is 24.3 Å². The van der Waals surface area contributed by atoms with Crippen LogP contribution in [0, 0.1) is 5.82 Å². The highest BCUT2D eigenvalue weighted by Crippen LogP contribution is 2.41. The first-order valence-corrected chi connectivity index (χ1v) is 11.4. The Hall–Kier alpha value is -1.80. The molecule has 2 aromatic rings. The van der Waals surface area contributed by atoms with Crippen LogP contribution in [0.5, 0.6) is 5.75 Å². The molecule has 30 heavy (non-hydrogen) atoms. The maximum absolute atomic E-state index is 13.1. The number of hydrogen-bond acceptors (Lipinski definition) is 6. The van der Waals surface area contributed by atoms with Crippen molar-refractivity contribution in [1.29, 1.82) is 0 Å². The van der Waals surface area contributed by atoms with Crippen molar-refractivity contribution < 1.29 is 14.2 Å². The Morgan fingerprint density at radius 2 is 1.77 bits per heavy atom. The predicted octanol–water partition coefficient (Wildman–Crippen LogP) is 3.79. The second-order valence-corrected chi connectivity index (χ2v) is 9.02. The second-order valence-electron chi connectivity index (χ2n) is 7.88. The number of fused-ring (bicyclic) bond motifs is 1. The first-order valence-electron chi connectivity index (χ1n) is 10.6. The normalized spacial score (nSPS) is 20.2. The number of hydrogen-bond donors (Lipinski definition) is 1. The van der Waals surface area contributed by atoms with Crippen LogP contribution in [0.1, 0.15) is 24.5 Å². The summed E-state index contributed by atoms with van der Waals surface area (Å²) in [5, 5.41) is 10.6. The van der Waals surface area contributed by atoms with Gasteiger partial charge in [0, 0.05) is 55.4 Å². The lowest BCUT2D eigenvalue weighted by molar-refractivity contribution is 0.139. The molecular formula is C23H30FN3O2S. The molecule has 2 aliphatic heterocycles. The highest BCUT2D eigenvalue weighted by atomic mass is 32.2. The fourth-order valence-corrected chi connectivity index (χ4v) is 5.40. The van der Waals surface area contributed by atoms with Gasteiger partial charge in [0.1, 0.15) is 11.6 Å². The van der Waals surface area contributed by atoms with Crippen molar-refractivity contribution in [3.8, 4) is 5.75 Å². The van der Waals surface area contributed by atoms with Gasteiger partial charge in [0.15, 0.2) is 0 Å². The van der Waals surface area contributed by atoms with Crippen molar-refractivity contribution in [3.63, 3.8) is 0 Å². The van der Waals surface area contributed by atoms with Crippen molar-refractivity contribution in [2.24, 2.45) is 0 Å². The van der Waals surface area contributed by atoms with Gasteiger partial charge in [-0.1, -0.05) is 6.07 Å². The van der Waals surface area contributed by atoms with E-state index in [0.29, 0.717) is 6.54 Å². The van der Waals surface area contributed by atoms with Gasteiger partial charge in [-0.15, -0.1) is 0 Å². The number of unbranched alkanes of at least 4 members (excludes halogenated alkanes) is 1. The minimum Gasteiger partial charge on any atom is -0.496 e. The number of rotatable bonds is 7. The summed E-state index contributed by atoms with van der Waals surface area (Å²) in [5.74, 6) is 0.589. The molecule has 0 saturated carbocycles. The average molecular weight is 432 g/mol. The Bertz CT molecular complexity index is 828. The lowest BCUT2D eigenvalue weighted by Crippen LogP contribution is -2.46. The third-order valence-electron chi connectivity index (χ3n) is 5.88. The predicted molar refractivity (Wildman–Crippen MR) is 120 cm³/mol. The van der Waals surface area contributed by atoms with Crippen LogP contribution in [-0.4, -0.2) is 67.2 Å². The summed E-state index contributed by atoms with van der Waals surface area (Å²) in [4.78, 5) is 5.93. The smallest absolute Gasteiger partial charge is 0.125 e. The standard InChI is InChI=1S/C23H30FN3O2S/c1-29-21-5-4-6-22-23(21)20(28)17-27(30-22)12-3-2-11-25-13-15-26(16-14-25)19-9-7-18(24)8-10-19/h4-10,20,28H,2-3,11-17H2,1H3. The fourth-order valence-electron chi connectivity index (χ4n) is 4.21. The van der Waals surface area contributed by atoms with E-state index < -0.39 is 6.10 Å². The Labute approximate surface area is 182 Å². The quantitative estimate of drug-likeness (QED) is 0.531. The van der Waals surface area contributed by atoms with Gasteiger partial charge in [0.05, 0.1) is 13.2 Å². The van der Waals surface area contributed by atoms with E-state index in [1.54, 1.807) is 19.1 Å². The number of anilines is 1. The van der Waals surface area contributed by atoms with Crippen LogP contribution in [0.4, 0.5) is 10.1 Å². The van der Waals surface area contributed by atoms with E-state index in [-0.39, 0.29) is 5.82 Å². The maximum Gasteiger partial charge on any atom is 0.125 e. The van der Waals surface area contributed by atoms with Gasteiger partial charge < -0.3 is 14.7 Å². The van der Waals surface area contributed by atoms with Crippen LogP contribution >= 0.6 is 11.9 Å². The number of piperazine rings is 1. The molecule has 4 rings (SSSR count). The minimum atomic E-state index is -0.503. The van der Waals surface area contributed by atoms with Crippen molar-refractivity contribution in [3.05, 3.63) is 53.8 Å². The van der Waals surface area contributed by atoms with Crippen LogP contribution in [0.2, 0.25) is 0 Å². The lowest BCUT2D eigenvalue weighted by atomic mass is 10.1. The van der Waals surface area contributed by atoms with Crippen LogP contribution in [0.3, 0.4) is 0 Å². The molecule has 7 heteroatoms. The molecule has 2 aliphatic rings. The molecule has 2 aromatic carbocycles. The summed E-state index contributed by atoms with van der Waals surface area (Å²) >= 11 is 1.72. The highest BCUT2D eigenvalue weighted by Gasteiger charge is 2.27. The van der Waals surface area contributed by atoms with Gasteiger partial charge in [-0.25, -0.2) is 8.70 Å². The Kier molecular flexibility index (Phi) is 7.15. The maximum atomic E-state index is 13.1. The molecule has 162 valence electrons. The number of methoxy groups -OCH3 is 1. The zero-order valence-corrected chi connectivity index (χ0v) is 18.3. The van der Waals surface area contributed by atoms with Crippen molar-refractivity contribution in [2.75, 3.05) is 57.8 Å². The topological polar surface area (TPSA) is 39.2 Å². The van der Waals surface area contributed by atoms with Gasteiger partial charge in [-0.3, -0.25) is 4.90 Å². The number of β-amino-alcohol motifs (C(OH)–C–C–N with tert-alkyl or cyclic N) is 1. The van der Waals surface area contributed by atoms with Gasteiger partial charge in [0.2, 0.25) is 0 Å². The molecule has 1 unspecified atom stereocenters. The summed E-state index contributed by atoms with van der Waals surface area (Å²) in [7, 11) is 1.65. The zero-order chi connectivity index (χ0) is 20.9. The summed E-state index contributed by atoms with van der Waals surface area (Å²) in [5.41, 5.74) is 2.02. The van der Waals surface area contributed by atoms with Crippen molar-refractivity contribution >= 4 is 17.6 Å². The number of nitrogens with zero attached hydrogens (tertiary/aromatic N) is 3. The van der Waals surface area contributed by atoms with E-state index in [0.717, 1.165) is 74.0 Å². The number of ether oxygens (including phenoxy) is 1. The molecule has 1 N–H and O–H groups in total. The van der Waals surface area contributed by atoms with Crippen LogP contribution in [0.25, 0.3) is 0 Å².